The Labute approximate surface area is 157 Å². The van der Waals surface area contributed by atoms with Crippen LogP contribution in [0, 0.1) is 0 Å². The van der Waals surface area contributed by atoms with E-state index in [1.54, 1.807) is 11.8 Å². The lowest BCUT2D eigenvalue weighted by atomic mass is 10.2. The van der Waals surface area contributed by atoms with E-state index in [9.17, 15) is 18.0 Å². The summed E-state index contributed by atoms with van der Waals surface area (Å²) in [6.45, 7) is 4.70. The van der Waals surface area contributed by atoms with E-state index in [0.29, 0.717) is 36.1 Å². The predicted molar refractivity (Wildman–Crippen MR) is 100 cm³/mol. The minimum Gasteiger partial charge on any atom is -0.356 e. The minimum absolute atomic E-state index is 0.0919. The molecular formula is C17H23BrN2O4S. The summed E-state index contributed by atoms with van der Waals surface area (Å²) in [6, 6.07) is 3.38. The number of benzene rings is 1. The standard InChI is InChI=1S/C17H23BrN2O4S/c1-3-7-19-15(21)6-9-25(23,24)14-11-13(18)10-12-5-8-20(17(12)14)16(22)4-2/h10-11H,3-9H2,1-2H3,(H,19,21). The Hall–Kier alpha value is -1.41. The van der Waals surface area contributed by atoms with Gasteiger partial charge < -0.3 is 10.2 Å². The van der Waals surface area contributed by atoms with Crippen molar-refractivity contribution in [3.63, 3.8) is 0 Å². The zero-order chi connectivity index (χ0) is 18.6. The first kappa shape index (κ1) is 19.9. The summed E-state index contributed by atoms with van der Waals surface area (Å²) >= 11 is 3.35. The molecule has 0 spiro atoms. The Bertz CT molecular complexity index is 777. The molecule has 2 amide bonds. The Balaban J connectivity index is 2.32. The Morgan fingerprint density at radius 2 is 2.00 bits per heavy atom. The quantitative estimate of drug-likeness (QED) is 0.719. The predicted octanol–water partition coefficient (Wildman–Crippen LogP) is 2.44. The number of rotatable bonds is 7. The monoisotopic (exact) mass is 430 g/mol. The van der Waals surface area contributed by atoms with Crippen molar-refractivity contribution < 1.29 is 18.0 Å². The van der Waals surface area contributed by atoms with Crippen LogP contribution in [0.25, 0.3) is 0 Å². The molecule has 138 valence electrons. The van der Waals surface area contributed by atoms with Crippen LogP contribution in [0.2, 0.25) is 0 Å². The second-order valence-corrected chi connectivity index (χ2v) is 8.97. The molecule has 0 saturated heterocycles. The van der Waals surface area contributed by atoms with Crippen molar-refractivity contribution in [3.8, 4) is 0 Å². The van der Waals surface area contributed by atoms with Gasteiger partial charge in [0.15, 0.2) is 9.84 Å². The molecule has 0 radical (unpaired) electrons. The van der Waals surface area contributed by atoms with Gasteiger partial charge in [-0.05, 0) is 30.5 Å². The van der Waals surface area contributed by atoms with Gasteiger partial charge in [0, 0.05) is 30.4 Å². The van der Waals surface area contributed by atoms with E-state index in [1.165, 1.54) is 6.07 Å². The largest absolute Gasteiger partial charge is 0.356 e. The van der Waals surface area contributed by atoms with Crippen LogP contribution in [-0.2, 0) is 25.8 Å². The summed E-state index contributed by atoms with van der Waals surface area (Å²) in [7, 11) is -3.69. The molecule has 6 nitrogen and oxygen atoms in total. The molecule has 1 N–H and O–H groups in total. The number of carbonyl (C=O) groups excluding carboxylic acids is 2. The summed E-state index contributed by atoms with van der Waals surface area (Å²) in [6.07, 6.45) is 1.64. The highest BCUT2D eigenvalue weighted by Gasteiger charge is 2.32. The SMILES string of the molecule is CCCNC(=O)CCS(=O)(=O)c1cc(Br)cc2c1N(C(=O)CC)CC2. The van der Waals surface area contributed by atoms with Crippen LogP contribution in [0.1, 0.15) is 38.7 Å². The summed E-state index contributed by atoms with van der Waals surface area (Å²) in [5.74, 6) is -0.656. The lowest BCUT2D eigenvalue weighted by Crippen LogP contribution is -2.30. The van der Waals surface area contributed by atoms with Gasteiger partial charge in [-0.1, -0.05) is 29.8 Å². The molecule has 0 saturated carbocycles. The van der Waals surface area contributed by atoms with Crippen molar-refractivity contribution in [3.05, 3.63) is 22.2 Å². The number of carbonyl (C=O) groups is 2. The van der Waals surface area contributed by atoms with Crippen molar-refractivity contribution in [2.24, 2.45) is 0 Å². The zero-order valence-corrected chi connectivity index (χ0v) is 16.9. The number of sulfone groups is 1. The normalized spacial score (nSPS) is 13.6. The highest BCUT2D eigenvalue weighted by atomic mass is 79.9. The number of nitrogens with one attached hydrogen (secondary N) is 1. The summed E-state index contributed by atoms with van der Waals surface area (Å²) in [5, 5.41) is 2.68. The molecule has 25 heavy (non-hydrogen) atoms. The van der Waals surface area contributed by atoms with E-state index in [-0.39, 0.29) is 28.9 Å². The molecule has 1 aliphatic rings. The van der Waals surface area contributed by atoms with Gasteiger partial charge >= 0.3 is 0 Å². The van der Waals surface area contributed by atoms with Crippen LogP contribution in [0.15, 0.2) is 21.5 Å². The zero-order valence-electron chi connectivity index (χ0n) is 14.5. The molecule has 0 atom stereocenters. The van der Waals surface area contributed by atoms with Gasteiger partial charge in [-0.15, -0.1) is 0 Å². The van der Waals surface area contributed by atoms with E-state index in [2.05, 4.69) is 21.2 Å². The topological polar surface area (TPSA) is 83.6 Å². The number of anilines is 1. The average molecular weight is 431 g/mol. The molecule has 0 aliphatic carbocycles. The summed E-state index contributed by atoms with van der Waals surface area (Å²) in [5.41, 5.74) is 1.31. The highest BCUT2D eigenvalue weighted by molar-refractivity contribution is 9.10. The van der Waals surface area contributed by atoms with E-state index < -0.39 is 9.84 Å². The van der Waals surface area contributed by atoms with Gasteiger partial charge in [0.25, 0.3) is 0 Å². The molecule has 0 bridgehead atoms. The molecule has 2 rings (SSSR count). The third kappa shape index (κ3) is 4.61. The van der Waals surface area contributed by atoms with Gasteiger partial charge in [-0.2, -0.15) is 0 Å². The first-order valence-corrected chi connectivity index (χ1v) is 10.9. The molecule has 1 aromatic carbocycles. The first-order valence-electron chi connectivity index (χ1n) is 8.42. The fourth-order valence-electron chi connectivity index (χ4n) is 2.84. The maximum atomic E-state index is 12.8. The Kier molecular flexibility index (Phi) is 6.62. The average Bonchev–Trinajstić information content (AvgIpc) is 3.00. The van der Waals surface area contributed by atoms with Crippen LogP contribution in [-0.4, -0.2) is 39.1 Å². The fraction of sp³-hybridized carbons (Fsp3) is 0.529. The van der Waals surface area contributed by atoms with Crippen molar-refractivity contribution in [1.82, 2.24) is 5.32 Å². The van der Waals surface area contributed by atoms with Crippen molar-refractivity contribution in [2.45, 2.75) is 44.4 Å². The maximum absolute atomic E-state index is 12.8. The van der Waals surface area contributed by atoms with Crippen LogP contribution in [0.4, 0.5) is 5.69 Å². The lowest BCUT2D eigenvalue weighted by molar-refractivity contribution is -0.120. The summed E-state index contributed by atoms with van der Waals surface area (Å²) < 4.78 is 26.3. The van der Waals surface area contributed by atoms with Crippen molar-refractivity contribution >= 4 is 43.3 Å². The molecule has 0 fully saturated rings. The molecule has 0 aromatic heterocycles. The third-order valence-electron chi connectivity index (χ3n) is 4.10. The van der Waals surface area contributed by atoms with Crippen LogP contribution in [0.3, 0.4) is 0 Å². The van der Waals surface area contributed by atoms with Crippen molar-refractivity contribution in [1.29, 1.82) is 0 Å². The van der Waals surface area contributed by atoms with Gasteiger partial charge in [0.2, 0.25) is 11.8 Å². The molecule has 1 heterocycles. The number of halogens is 1. The number of fused-ring (bicyclic) bond motifs is 1. The molecule has 1 aromatic rings. The second-order valence-electron chi connectivity index (χ2n) is 5.98. The number of hydrogen-bond acceptors (Lipinski definition) is 4. The van der Waals surface area contributed by atoms with Gasteiger partial charge in [-0.3, -0.25) is 9.59 Å². The fourth-order valence-corrected chi connectivity index (χ4v) is 5.01. The number of nitrogens with zero attached hydrogens (tertiary/aromatic N) is 1. The van der Waals surface area contributed by atoms with E-state index in [1.807, 2.05) is 13.0 Å². The maximum Gasteiger partial charge on any atom is 0.226 e. The molecule has 1 aliphatic heterocycles. The van der Waals surface area contributed by atoms with Gasteiger partial charge in [-0.25, -0.2) is 8.42 Å². The van der Waals surface area contributed by atoms with Crippen LogP contribution < -0.4 is 10.2 Å². The van der Waals surface area contributed by atoms with Crippen LogP contribution >= 0.6 is 15.9 Å². The minimum atomic E-state index is -3.69. The molecule has 0 unspecified atom stereocenters. The Morgan fingerprint density at radius 1 is 1.28 bits per heavy atom. The highest BCUT2D eigenvalue weighted by Crippen LogP contribution is 2.38. The van der Waals surface area contributed by atoms with Gasteiger partial charge in [0.05, 0.1) is 16.3 Å². The van der Waals surface area contributed by atoms with E-state index >= 15 is 0 Å². The Morgan fingerprint density at radius 3 is 2.64 bits per heavy atom. The second kappa shape index (κ2) is 8.31. The van der Waals surface area contributed by atoms with Crippen molar-refractivity contribution in [2.75, 3.05) is 23.7 Å². The molecular weight excluding hydrogens is 408 g/mol. The van der Waals surface area contributed by atoms with E-state index in [4.69, 9.17) is 0 Å². The number of amides is 2. The van der Waals surface area contributed by atoms with E-state index in [0.717, 1.165) is 12.0 Å². The lowest BCUT2D eigenvalue weighted by Gasteiger charge is -2.20. The van der Waals surface area contributed by atoms with Crippen LogP contribution in [0.5, 0.6) is 0 Å². The third-order valence-corrected chi connectivity index (χ3v) is 6.28. The summed E-state index contributed by atoms with van der Waals surface area (Å²) in [4.78, 5) is 25.6. The van der Waals surface area contributed by atoms with Gasteiger partial charge in [0.1, 0.15) is 0 Å². The first-order chi connectivity index (χ1) is 11.8. The molecule has 8 heteroatoms. The smallest absolute Gasteiger partial charge is 0.226 e. The number of hydrogen-bond donors (Lipinski definition) is 1.